The van der Waals surface area contributed by atoms with E-state index in [9.17, 15) is 28.8 Å². The summed E-state index contributed by atoms with van der Waals surface area (Å²) in [5.74, 6) is -1.65. The van der Waals surface area contributed by atoms with Crippen molar-refractivity contribution in [3.63, 3.8) is 0 Å². The van der Waals surface area contributed by atoms with Gasteiger partial charge in [-0.2, -0.15) is 0 Å². The predicted molar refractivity (Wildman–Crippen MR) is 266 cm³/mol. The second-order valence-electron chi connectivity index (χ2n) is 18.7. The fraction of sp³-hybridized carbons (Fsp3) is 0.455. The highest BCUT2D eigenvalue weighted by Crippen LogP contribution is 2.22. The van der Waals surface area contributed by atoms with E-state index in [2.05, 4.69) is 10.6 Å². The molecule has 0 fully saturated rings. The molecule has 15 nitrogen and oxygen atoms in total. The fourth-order valence-corrected chi connectivity index (χ4v) is 6.70. The molecule has 4 aromatic carbocycles. The predicted octanol–water partition coefficient (Wildman–Crippen LogP) is 12.7. The van der Waals surface area contributed by atoms with Crippen molar-refractivity contribution in [1.82, 2.24) is 0 Å². The minimum absolute atomic E-state index is 0.191. The number of ether oxygens (including phenoxy) is 7. The Morgan fingerprint density at radius 1 is 0.400 bits per heavy atom. The summed E-state index contributed by atoms with van der Waals surface area (Å²) in [4.78, 5) is 75.2. The second kappa shape index (κ2) is 29.2. The molecule has 70 heavy (non-hydrogen) atoms. The van der Waals surface area contributed by atoms with Crippen LogP contribution < -0.4 is 15.4 Å². The Kier molecular flexibility index (Phi) is 23.2. The number of carbonyl (C=O) groups excluding carboxylic acids is 6. The second-order valence-corrected chi connectivity index (χ2v) is 18.7. The van der Waals surface area contributed by atoms with Gasteiger partial charge in [0.05, 0.1) is 48.7 Å². The maximum Gasteiger partial charge on any atom is 0.412 e. The van der Waals surface area contributed by atoms with Crippen LogP contribution in [0.2, 0.25) is 0 Å². The molecule has 0 aliphatic rings. The first-order chi connectivity index (χ1) is 33.4. The van der Waals surface area contributed by atoms with Gasteiger partial charge in [-0.3, -0.25) is 10.6 Å². The molecule has 0 saturated heterocycles. The summed E-state index contributed by atoms with van der Waals surface area (Å²) >= 11 is 0. The first-order valence-electron chi connectivity index (χ1n) is 24.1. The molecule has 0 unspecified atom stereocenters. The van der Waals surface area contributed by atoms with Crippen LogP contribution in [0.25, 0.3) is 0 Å². The van der Waals surface area contributed by atoms with E-state index in [1.165, 1.54) is 6.07 Å². The van der Waals surface area contributed by atoms with Crippen molar-refractivity contribution in [1.29, 1.82) is 0 Å². The molecule has 0 bridgehead atoms. The van der Waals surface area contributed by atoms with Crippen LogP contribution in [0.15, 0.2) is 97.1 Å². The van der Waals surface area contributed by atoms with E-state index in [0.717, 1.165) is 56.9 Å². The Bertz CT molecular complexity index is 2130. The number of benzene rings is 4. The van der Waals surface area contributed by atoms with Crippen LogP contribution in [0.1, 0.15) is 166 Å². The number of hydrogen-bond donors (Lipinski definition) is 2. The first kappa shape index (κ1) is 55.7. The van der Waals surface area contributed by atoms with Crippen LogP contribution in [0.3, 0.4) is 0 Å². The summed E-state index contributed by atoms with van der Waals surface area (Å²) in [6, 6.07) is 27.0. The van der Waals surface area contributed by atoms with Gasteiger partial charge in [-0.05, 0) is 140 Å². The highest BCUT2D eigenvalue weighted by molar-refractivity contribution is 5.96. The third-order valence-corrected chi connectivity index (χ3v) is 10.2. The zero-order valence-electron chi connectivity index (χ0n) is 41.6. The molecule has 0 aliphatic carbocycles. The maximum atomic E-state index is 13.2. The van der Waals surface area contributed by atoms with E-state index in [1.807, 2.05) is 30.3 Å². The van der Waals surface area contributed by atoms with Gasteiger partial charge in [-0.1, -0.05) is 81.7 Å². The van der Waals surface area contributed by atoms with Crippen molar-refractivity contribution in [3.8, 4) is 5.75 Å². The zero-order chi connectivity index (χ0) is 50.8. The lowest BCUT2D eigenvalue weighted by Crippen LogP contribution is -2.27. The van der Waals surface area contributed by atoms with Gasteiger partial charge in [0.25, 0.3) is 0 Å². The highest BCUT2D eigenvalue weighted by atomic mass is 16.6. The standard InChI is InChI=1S/C55H70N2O13/c1-54(2,3)69-52(62)56-45-28-24-41(25-29-45)48(58)64-32-18-11-7-9-13-20-34-66-50(60)43-36-44(38-47(37-43)68-39-40-22-16-15-17-23-40)51(61)67-35-21-14-10-8-12-19-33-65-49(59)42-26-30-46(31-27-42)57-53(63)70-55(4,5)6/h15-17,22-31,36-38H,7-14,18-21,32-35,39H2,1-6H3,(H,56,62)(H,57,63). The Hall–Kier alpha value is -6.90. The monoisotopic (exact) mass is 966 g/mol. The lowest BCUT2D eigenvalue weighted by Gasteiger charge is -2.19. The number of unbranched alkanes of at least 4 members (excludes halogenated alkanes) is 10. The number of esters is 4. The molecule has 0 aliphatic heterocycles. The Labute approximate surface area is 412 Å². The van der Waals surface area contributed by atoms with Crippen molar-refractivity contribution < 1.29 is 61.9 Å². The summed E-state index contributed by atoms with van der Waals surface area (Å²) in [7, 11) is 0. The number of rotatable bonds is 27. The quantitative estimate of drug-likeness (QED) is 0.0326. The Morgan fingerprint density at radius 3 is 1.07 bits per heavy atom. The van der Waals surface area contributed by atoms with Crippen LogP contribution in [-0.4, -0.2) is 73.7 Å². The average Bonchev–Trinajstić information content (AvgIpc) is 3.31. The van der Waals surface area contributed by atoms with Gasteiger partial charge in [-0.25, -0.2) is 28.8 Å². The van der Waals surface area contributed by atoms with Crippen LogP contribution in [0.5, 0.6) is 5.75 Å². The van der Waals surface area contributed by atoms with E-state index < -0.39 is 47.3 Å². The summed E-state index contributed by atoms with van der Waals surface area (Å²) < 4.78 is 38.5. The van der Waals surface area contributed by atoms with Crippen molar-refractivity contribution >= 4 is 47.4 Å². The maximum absolute atomic E-state index is 13.2. The molecular formula is C55H70N2O13. The molecule has 0 saturated carbocycles. The molecule has 2 amide bonds. The molecule has 4 rings (SSSR count). The number of carbonyl (C=O) groups is 6. The molecule has 0 spiro atoms. The number of nitrogens with one attached hydrogen (secondary N) is 2. The van der Waals surface area contributed by atoms with Crippen molar-refractivity contribution in [2.45, 2.75) is 136 Å². The Balaban J connectivity index is 1.09. The summed E-state index contributed by atoms with van der Waals surface area (Å²) in [5.41, 5.74) is 1.86. The van der Waals surface area contributed by atoms with E-state index in [-0.39, 0.29) is 30.9 Å². The third-order valence-electron chi connectivity index (χ3n) is 10.2. The summed E-state index contributed by atoms with van der Waals surface area (Å²) in [6.07, 6.45) is 8.76. The molecule has 15 heteroatoms. The number of hydrogen-bond acceptors (Lipinski definition) is 13. The first-order valence-corrected chi connectivity index (χ1v) is 24.1. The molecule has 4 aromatic rings. The average molecular weight is 967 g/mol. The smallest absolute Gasteiger partial charge is 0.412 e. The lowest BCUT2D eigenvalue weighted by atomic mass is 10.1. The van der Waals surface area contributed by atoms with Gasteiger partial charge < -0.3 is 33.2 Å². The third kappa shape index (κ3) is 22.9. The van der Waals surface area contributed by atoms with Gasteiger partial charge in [0.1, 0.15) is 23.6 Å². The van der Waals surface area contributed by atoms with Gasteiger partial charge in [-0.15, -0.1) is 0 Å². The van der Waals surface area contributed by atoms with Gasteiger partial charge in [0.15, 0.2) is 0 Å². The van der Waals surface area contributed by atoms with Gasteiger partial charge >= 0.3 is 36.1 Å². The summed E-state index contributed by atoms with van der Waals surface area (Å²) in [6.45, 7) is 11.9. The molecule has 0 radical (unpaired) electrons. The number of anilines is 2. The van der Waals surface area contributed by atoms with Crippen LogP contribution in [-0.2, 0) is 35.0 Å². The van der Waals surface area contributed by atoms with Crippen molar-refractivity contribution in [2.75, 3.05) is 37.1 Å². The summed E-state index contributed by atoms with van der Waals surface area (Å²) in [5, 5.41) is 5.26. The molecular weight excluding hydrogens is 897 g/mol. The molecule has 0 aromatic heterocycles. The molecule has 2 N–H and O–H groups in total. The molecule has 0 atom stereocenters. The molecule has 0 heterocycles. The SMILES string of the molecule is CC(C)(C)OC(=O)Nc1ccc(C(=O)OCCCCCCCCOC(=O)c2cc(OCc3ccccc3)cc(C(=O)OCCCCCCCCOC(=O)c3ccc(NC(=O)OC(C)(C)C)cc3)c2)cc1. The van der Waals surface area contributed by atoms with Crippen LogP contribution in [0, 0.1) is 0 Å². The molecule has 378 valence electrons. The van der Waals surface area contributed by atoms with Gasteiger partial charge in [0, 0.05) is 11.4 Å². The van der Waals surface area contributed by atoms with Crippen LogP contribution >= 0.6 is 0 Å². The fourth-order valence-electron chi connectivity index (χ4n) is 6.70. The van der Waals surface area contributed by atoms with E-state index in [4.69, 9.17) is 33.2 Å². The minimum atomic E-state index is -0.619. The Morgan fingerprint density at radius 2 is 0.729 bits per heavy atom. The number of amides is 2. The largest absolute Gasteiger partial charge is 0.489 e. The topological polar surface area (TPSA) is 191 Å². The van der Waals surface area contributed by atoms with E-state index in [1.54, 1.807) is 102 Å². The highest BCUT2D eigenvalue weighted by Gasteiger charge is 2.19. The normalized spacial score (nSPS) is 11.2. The van der Waals surface area contributed by atoms with E-state index in [0.29, 0.717) is 67.1 Å². The van der Waals surface area contributed by atoms with E-state index >= 15 is 0 Å². The zero-order valence-corrected chi connectivity index (χ0v) is 41.6. The van der Waals surface area contributed by atoms with Crippen LogP contribution in [0.4, 0.5) is 21.0 Å². The minimum Gasteiger partial charge on any atom is -0.489 e. The lowest BCUT2D eigenvalue weighted by molar-refractivity contribution is 0.0478. The van der Waals surface area contributed by atoms with Gasteiger partial charge in [0.2, 0.25) is 0 Å². The van der Waals surface area contributed by atoms with Crippen molar-refractivity contribution in [3.05, 3.63) is 125 Å². The van der Waals surface area contributed by atoms with Crippen molar-refractivity contribution in [2.24, 2.45) is 0 Å².